The zero-order chi connectivity index (χ0) is 13.9. The molecule has 108 valence electrons. The Hall–Kier alpha value is -1.02. The SMILES string of the molecule is C[C@]12CC[C@@H]3c4ccc(O)cc4CC[C@@H]3[C@@H]1CC[C@H]2O. The summed E-state index contributed by atoms with van der Waals surface area (Å²) in [5.41, 5.74) is 2.99. The molecule has 2 heteroatoms. The molecule has 3 aliphatic carbocycles. The number of benzene rings is 1. The van der Waals surface area contributed by atoms with Crippen LogP contribution in [0.5, 0.6) is 5.75 Å². The van der Waals surface area contributed by atoms with Crippen LogP contribution in [0.3, 0.4) is 0 Å². The van der Waals surface area contributed by atoms with Crippen LogP contribution in [0.15, 0.2) is 18.2 Å². The topological polar surface area (TPSA) is 40.5 Å². The van der Waals surface area contributed by atoms with Crippen LogP contribution in [0.1, 0.15) is 56.1 Å². The summed E-state index contributed by atoms with van der Waals surface area (Å²) in [7, 11) is 0. The minimum absolute atomic E-state index is 0.0883. The van der Waals surface area contributed by atoms with Crippen LogP contribution < -0.4 is 0 Å². The molecule has 2 nitrogen and oxygen atoms in total. The van der Waals surface area contributed by atoms with Gasteiger partial charge in [0.15, 0.2) is 0 Å². The monoisotopic (exact) mass is 272 g/mol. The van der Waals surface area contributed by atoms with Crippen molar-refractivity contribution in [1.29, 1.82) is 0 Å². The number of rotatable bonds is 0. The van der Waals surface area contributed by atoms with Crippen molar-refractivity contribution >= 4 is 0 Å². The Morgan fingerprint density at radius 1 is 1.15 bits per heavy atom. The zero-order valence-electron chi connectivity index (χ0n) is 12.2. The first-order valence-electron chi connectivity index (χ1n) is 8.09. The van der Waals surface area contributed by atoms with Crippen LogP contribution in [0.2, 0.25) is 0 Å². The number of aliphatic hydroxyl groups is 1. The van der Waals surface area contributed by atoms with Crippen LogP contribution in [-0.2, 0) is 6.42 Å². The van der Waals surface area contributed by atoms with Gasteiger partial charge in [0.2, 0.25) is 0 Å². The van der Waals surface area contributed by atoms with Crippen LogP contribution in [0.4, 0.5) is 0 Å². The molecule has 3 aliphatic rings. The number of aromatic hydroxyl groups is 1. The van der Waals surface area contributed by atoms with Gasteiger partial charge in [0, 0.05) is 0 Å². The second-order valence-electron chi connectivity index (χ2n) is 7.44. The van der Waals surface area contributed by atoms with Crippen molar-refractivity contribution in [3.8, 4) is 5.75 Å². The Balaban J connectivity index is 1.71. The molecule has 0 aromatic heterocycles. The van der Waals surface area contributed by atoms with Gasteiger partial charge < -0.3 is 10.2 Å². The van der Waals surface area contributed by atoms with Crippen molar-refractivity contribution in [3.63, 3.8) is 0 Å². The highest BCUT2D eigenvalue weighted by atomic mass is 16.3. The lowest BCUT2D eigenvalue weighted by Gasteiger charge is -2.50. The van der Waals surface area contributed by atoms with E-state index in [2.05, 4.69) is 13.0 Å². The van der Waals surface area contributed by atoms with E-state index in [9.17, 15) is 10.2 Å². The number of fused-ring (bicyclic) bond motifs is 5. The molecule has 0 saturated heterocycles. The highest BCUT2D eigenvalue weighted by Crippen LogP contribution is 2.60. The molecule has 0 amide bonds. The summed E-state index contributed by atoms with van der Waals surface area (Å²) in [4.78, 5) is 0. The van der Waals surface area contributed by atoms with Gasteiger partial charge in [-0.05, 0) is 85.0 Å². The fraction of sp³-hybridized carbons (Fsp3) is 0.667. The quantitative estimate of drug-likeness (QED) is 0.757. The first kappa shape index (κ1) is 12.7. The molecule has 2 N–H and O–H groups in total. The minimum Gasteiger partial charge on any atom is -0.508 e. The van der Waals surface area contributed by atoms with E-state index in [-0.39, 0.29) is 11.5 Å². The number of hydrogen-bond acceptors (Lipinski definition) is 2. The van der Waals surface area contributed by atoms with Gasteiger partial charge >= 0.3 is 0 Å². The first-order chi connectivity index (χ1) is 9.59. The average Bonchev–Trinajstić information content (AvgIpc) is 2.74. The molecule has 0 unspecified atom stereocenters. The summed E-state index contributed by atoms with van der Waals surface area (Å²) in [5, 5.41) is 20.0. The number of aliphatic hydroxyl groups excluding tert-OH is 1. The maximum absolute atomic E-state index is 10.4. The lowest BCUT2D eigenvalue weighted by Crippen LogP contribution is -2.43. The second kappa shape index (κ2) is 4.24. The van der Waals surface area contributed by atoms with E-state index in [1.54, 1.807) is 0 Å². The van der Waals surface area contributed by atoms with E-state index in [1.165, 1.54) is 30.4 Å². The van der Waals surface area contributed by atoms with Crippen LogP contribution in [0.25, 0.3) is 0 Å². The van der Waals surface area contributed by atoms with Crippen molar-refractivity contribution in [3.05, 3.63) is 29.3 Å². The van der Waals surface area contributed by atoms with E-state index in [1.807, 2.05) is 12.1 Å². The Labute approximate surface area is 120 Å². The summed E-state index contributed by atoms with van der Waals surface area (Å²) < 4.78 is 0. The molecule has 2 fully saturated rings. The maximum atomic E-state index is 10.4. The van der Waals surface area contributed by atoms with E-state index in [4.69, 9.17) is 0 Å². The molecular weight excluding hydrogens is 248 g/mol. The summed E-state index contributed by atoms with van der Waals surface area (Å²) in [6, 6.07) is 5.96. The van der Waals surface area contributed by atoms with Crippen molar-refractivity contribution in [2.24, 2.45) is 17.3 Å². The lowest BCUT2D eigenvalue weighted by molar-refractivity contribution is -0.0226. The summed E-state index contributed by atoms with van der Waals surface area (Å²) >= 11 is 0. The standard InChI is InChI=1S/C18H24O2/c1-18-9-8-14-13-5-3-12(19)10-11(13)2-4-15(14)16(18)6-7-17(18)20/h3,5,10,14-17,19-20H,2,4,6-9H2,1H3/t14-,15+,16+,17-,18+/m1/s1. The van der Waals surface area contributed by atoms with Gasteiger partial charge in [-0.3, -0.25) is 0 Å². The third-order valence-corrected chi connectivity index (χ3v) is 6.66. The van der Waals surface area contributed by atoms with Crippen molar-refractivity contribution in [1.82, 2.24) is 0 Å². The molecular formula is C18H24O2. The predicted octanol–water partition coefficient (Wildman–Crippen LogP) is 3.61. The Morgan fingerprint density at radius 2 is 2.00 bits per heavy atom. The fourth-order valence-corrected chi connectivity index (χ4v) is 5.54. The van der Waals surface area contributed by atoms with Crippen molar-refractivity contribution in [2.75, 3.05) is 0 Å². The van der Waals surface area contributed by atoms with Crippen molar-refractivity contribution < 1.29 is 10.2 Å². The number of hydrogen-bond donors (Lipinski definition) is 2. The van der Waals surface area contributed by atoms with Gasteiger partial charge in [0.25, 0.3) is 0 Å². The largest absolute Gasteiger partial charge is 0.508 e. The van der Waals surface area contributed by atoms with Gasteiger partial charge in [0.1, 0.15) is 5.75 Å². The third kappa shape index (κ3) is 1.60. The Kier molecular flexibility index (Phi) is 2.69. The molecule has 2 saturated carbocycles. The molecule has 1 aromatic rings. The first-order valence-corrected chi connectivity index (χ1v) is 8.09. The van der Waals surface area contributed by atoms with Gasteiger partial charge in [-0.1, -0.05) is 13.0 Å². The molecule has 0 aliphatic heterocycles. The molecule has 0 heterocycles. The summed E-state index contributed by atoms with van der Waals surface area (Å²) in [5.74, 6) is 2.49. The highest BCUT2D eigenvalue weighted by Gasteiger charge is 2.54. The second-order valence-corrected chi connectivity index (χ2v) is 7.44. The zero-order valence-corrected chi connectivity index (χ0v) is 12.2. The fourth-order valence-electron chi connectivity index (χ4n) is 5.54. The average molecular weight is 272 g/mol. The Bertz CT molecular complexity index is 538. The third-order valence-electron chi connectivity index (χ3n) is 6.66. The minimum atomic E-state index is -0.0883. The smallest absolute Gasteiger partial charge is 0.115 e. The van der Waals surface area contributed by atoms with E-state index >= 15 is 0 Å². The number of phenolic OH excluding ortho intramolecular Hbond substituents is 1. The number of phenols is 1. The van der Waals surface area contributed by atoms with Gasteiger partial charge in [-0.25, -0.2) is 0 Å². The normalized spacial score (nSPS) is 42.7. The molecule has 0 spiro atoms. The summed E-state index contributed by atoms with van der Waals surface area (Å²) in [6.45, 7) is 2.32. The maximum Gasteiger partial charge on any atom is 0.115 e. The Morgan fingerprint density at radius 3 is 2.85 bits per heavy atom. The predicted molar refractivity (Wildman–Crippen MR) is 78.7 cm³/mol. The van der Waals surface area contributed by atoms with Gasteiger partial charge in [0.05, 0.1) is 6.10 Å². The molecule has 4 rings (SSSR count). The van der Waals surface area contributed by atoms with E-state index < -0.39 is 0 Å². The molecule has 0 radical (unpaired) electrons. The van der Waals surface area contributed by atoms with E-state index in [0.717, 1.165) is 25.2 Å². The van der Waals surface area contributed by atoms with Crippen LogP contribution in [-0.4, -0.2) is 16.3 Å². The van der Waals surface area contributed by atoms with Gasteiger partial charge in [-0.15, -0.1) is 0 Å². The van der Waals surface area contributed by atoms with E-state index in [0.29, 0.717) is 17.6 Å². The van der Waals surface area contributed by atoms with Crippen LogP contribution >= 0.6 is 0 Å². The molecule has 0 bridgehead atoms. The van der Waals surface area contributed by atoms with Gasteiger partial charge in [-0.2, -0.15) is 0 Å². The van der Waals surface area contributed by atoms with Crippen LogP contribution in [0, 0.1) is 17.3 Å². The molecule has 20 heavy (non-hydrogen) atoms. The molecule has 5 atom stereocenters. The number of aryl methyl sites for hydroxylation is 1. The lowest BCUT2D eigenvalue weighted by atomic mass is 9.55. The summed E-state index contributed by atoms with van der Waals surface area (Å²) in [6.07, 6.45) is 6.78. The highest BCUT2D eigenvalue weighted by molar-refractivity contribution is 5.40. The molecule has 1 aromatic carbocycles. The van der Waals surface area contributed by atoms with Crippen molar-refractivity contribution in [2.45, 2.75) is 57.5 Å².